The smallest absolute Gasteiger partial charge is 0.282 e. The molecule has 0 amide bonds. The number of nitrogens with two attached hydrogens (primary N) is 1. The summed E-state index contributed by atoms with van der Waals surface area (Å²) in [5.74, 6) is 0.321. The van der Waals surface area contributed by atoms with E-state index in [-0.39, 0.29) is 6.04 Å². The molecule has 18 heavy (non-hydrogen) atoms. The summed E-state index contributed by atoms with van der Waals surface area (Å²) in [6, 6.07) is 0.0896. The summed E-state index contributed by atoms with van der Waals surface area (Å²) < 4.78 is 28.6. The van der Waals surface area contributed by atoms with Crippen molar-refractivity contribution in [1.29, 1.82) is 0 Å². The van der Waals surface area contributed by atoms with Crippen LogP contribution in [-0.4, -0.2) is 49.2 Å². The normalized spacial score (nSPS) is 32.6. The van der Waals surface area contributed by atoms with Gasteiger partial charge in [0.05, 0.1) is 0 Å². The van der Waals surface area contributed by atoms with E-state index in [9.17, 15) is 8.42 Å². The van der Waals surface area contributed by atoms with Gasteiger partial charge in [-0.2, -0.15) is 17.0 Å². The highest BCUT2D eigenvalue weighted by atomic mass is 32.2. The van der Waals surface area contributed by atoms with E-state index in [0.29, 0.717) is 32.1 Å². The Bertz CT molecular complexity index is 364. The van der Waals surface area contributed by atoms with Gasteiger partial charge in [0.2, 0.25) is 0 Å². The monoisotopic (exact) mass is 275 g/mol. The van der Waals surface area contributed by atoms with Crippen molar-refractivity contribution in [1.82, 2.24) is 8.61 Å². The molecule has 2 fully saturated rings. The molecule has 5 nitrogen and oxygen atoms in total. The maximum absolute atomic E-state index is 12.6. The zero-order chi connectivity index (χ0) is 13.2. The van der Waals surface area contributed by atoms with E-state index in [1.54, 1.807) is 8.61 Å². The summed E-state index contributed by atoms with van der Waals surface area (Å²) in [5.41, 5.74) is 5.67. The number of hydrogen-bond acceptors (Lipinski definition) is 3. The summed E-state index contributed by atoms with van der Waals surface area (Å²) in [4.78, 5) is 0. The lowest BCUT2D eigenvalue weighted by atomic mass is 10.1. The Hall–Kier alpha value is -0.170. The molecule has 0 aromatic heterocycles. The van der Waals surface area contributed by atoms with Gasteiger partial charge in [0.1, 0.15) is 0 Å². The van der Waals surface area contributed by atoms with Crippen molar-refractivity contribution < 1.29 is 8.42 Å². The third kappa shape index (κ3) is 2.87. The second kappa shape index (κ2) is 5.86. The lowest BCUT2D eigenvalue weighted by Crippen LogP contribution is -2.45. The molecular formula is C12H25N3O2S. The first kappa shape index (κ1) is 14.2. The lowest BCUT2D eigenvalue weighted by Gasteiger charge is -2.28. The van der Waals surface area contributed by atoms with Crippen molar-refractivity contribution in [2.45, 2.75) is 45.1 Å². The molecule has 0 bridgehead atoms. The SMILES string of the molecule is CC1CC(CN)CN1S(=O)(=O)N1CCCCCC1. The quantitative estimate of drug-likeness (QED) is 0.827. The molecule has 106 valence electrons. The van der Waals surface area contributed by atoms with E-state index in [1.807, 2.05) is 6.92 Å². The molecule has 2 unspecified atom stereocenters. The maximum atomic E-state index is 12.6. The standard InChI is InChI=1S/C12H25N3O2S/c1-11-8-12(9-13)10-15(11)18(16,17)14-6-4-2-3-5-7-14/h11-12H,2-10,13H2,1H3. The Kier molecular flexibility index (Phi) is 4.64. The predicted molar refractivity (Wildman–Crippen MR) is 72.3 cm³/mol. The highest BCUT2D eigenvalue weighted by Gasteiger charge is 2.39. The fourth-order valence-electron chi connectivity index (χ4n) is 3.02. The average Bonchev–Trinajstić information content (AvgIpc) is 2.55. The van der Waals surface area contributed by atoms with E-state index in [4.69, 9.17) is 5.73 Å². The lowest BCUT2D eigenvalue weighted by molar-refractivity contribution is 0.335. The van der Waals surface area contributed by atoms with Gasteiger partial charge in [-0.25, -0.2) is 0 Å². The molecule has 2 saturated heterocycles. The number of rotatable bonds is 3. The molecule has 2 aliphatic heterocycles. The highest BCUT2D eigenvalue weighted by Crippen LogP contribution is 2.27. The van der Waals surface area contributed by atoms with Gasteiger partial charge in [-0.3, -0.25) is 0 Å². The van der Waals surface area contributed by atoms with E-state index in [2.05, 4.69) is 0 Å². The van der Waals surface area contributed by atoms with Crippen LogP contribution in [0.15, 0.2) is 0 Å². The van der Waals surface area contributed by atoms with Gasteiger partial charge in [-0.05, 0) is 38.6 Å². The first-order chi connectivity index (χ1) is 8.55. The van der Waals surface area contributed by atoms with Gasteiger partial charge < -0.3 is 5.73 Å². The third-order valence-electron chi connectivity index (χ3n) is 4.13. The van der Waals surface area contributed by atoms with Gasteiger partial charge in [-0.1, -0.05) is 12.8 Å². The molecule has 0 aromatic carbocycles. The molecule has 0 spiro atoms. The van der Waals surface area contributed by atoms with Crippen LogP contribution in [0.2, 0.25) is 0 Å². The molecule has 2 heterocycles. The Morgan fingerprint density at radius 3 is 2.28 bits per heavy atom. The Labute approximate surface area is 110 Å². The van der Waals surface area contributed by atoms with Crippen LogP contribution in [0.5, 0.6) is 0 Å². The van der Waals surface area contributed by atoms with Crippen LogP contribution in [0.1, 0.15) is 39.0 Å². The van der Waals surface area contributed by atoms with Crippen molar-refractivity contribution in [3.05, 3.63) is 0 Å². The van der Waals surface area contributed by atoms with Crippen molar-refractivity contribution in [3.63, 3.8) is 0 Å². The van der Waals surface area contributed by atoms with Crippen LogP contribution >= 0.6 is 0 Å². The summed E-state index contributed by atoms with van der Waals surface area (Å²) in [7, 11) is -3.27. The van der Waals surface area contributed by atoms with E-state index >= 15 is 0 Å². The first-order valence-corrected chi connectivity index (χ1v) is 8.42. The molecule has 0 saturated carbocycles. The molecule has 2 rings (SSSR count). The average molecular weight is 275 g/mol. The molecule has 2 atom stereocenters. The van der Waals surface area contributed by atoms with Crippen molar-refractivity contribution in [2.24, 2.45) is 11.7 Å². The van der Waals surface area contributed by atoms with Gasteiger partial charge in [0.25, 0.3) is 10.2 Å². The molecule has 2 N–H and O–H groups in total. The Morgan fingerprint density at radius 1 is 1.17 bits per heavy atom. The summed E-state index contributed by atoms with van der Waals surface area (Å²) in [5, 5.41) is 0. The molecular weight excluding hydrogens is 250 g/mol. The minimum Gasteiger partial charge on any atom is -0.330 e. The zero-order valence-corrected chi connectivity index (χ0v) is 12.0. The summed E-state index contributed by atoms with van der Waals surface area (Å²) >= 11 is 0. The second-order valence-electron chi connectivity index (χ2n) is 5.58. The molecule has 2 aliphatic rings. The molecule has 6 heteroatoms. The highest BCUT2D eigenvalue weighted by molar-refractivity contribution is 7.86. The Morgan fingerprint density at radius 2 is 1.78 bits per heavy atom. The number of hydrogen-bond donors (Lipinski definition) is 1. The fraction of sp³-hybridized carbons (Fsp3) is 1.00. The van der Waals surface area contributed by atoms with Gasteiger partial charge in [0.15, 0.2) is 0 Å². The molecule has 0 aromatic rings. The van der Waals surface area contributed by atoms with Crippen LogP contribution in [0.3, 0.4) is 0 Å². The fourth-order valence-corrected chi connectivity index (χ4v) is 4.98. The maximum Gasteiger partial charge on any atom is 0.282 e. The van der Waals surface area contributed by atoms with Gasteiger partial charge in [-0.15, -0.1) is 0 Å². The van der Waals surface area contributed by atoms with Gasteiger partial charge >= 0.3 is 0 Å². The minimum atomic E-state index is -3.27. The summed E-state index contributed by atoms with van der Waals surface area (Å²) in [6.07, 6.45) is 5.16. The van der Waals surface area contributed by atoms with Crippen LogP contribution in [0, 0.1) is 5.92 Å². The molecule has 0 radical (unpaired) electrons. The topological polar surface area (TPSA) is 66.6 Å². The zero-order valence-electron chi connectivity index (χ0n) is 11.2. The third-order valence-corrected chi connectivity index (χ3v) is 6.24. The van der Waals surface area contributed by atoms with Crippen molar-refractivity contribution in [2.75, 3.05) is 26.2 Å². The van der Waals surface area contributed by atoms with E-state index in [1.165, 1.54) is 0 Å². The van der Waals surface area contributed by atoms with Crippen LogP contribution in [0.4, 0.5) is 0 Å². The number of nitrogens with zero attached hydrogens (tertiary/aromatic N) is 2. The largest absolute Gasteiger partial charge is 0.330 e. The van der Waals surface area contributed by atoms with Crippen LogP contribution < -0.4 is 5.73 Å². The van der Waals surface area contributed by atoms with Crippen LogP contribution in [-0.2, 0) is 10.2 Å². The van der Waals surface area contributed by atoms with E-state index < -0.39 is 10.2 Å². The first-order valence-electron chi connectivity index (χ1n) is 7.02. The minimum absolute atomic E-state index is 0.0896. The van der Waals surface area contributed by atoms with Crippen molar-refractivity contribution in [3.8, 4) is 0 Å². The Balaban J connectivity index is 2.10. The van der Waals surface area contributed by atoms with Crippen LogP contribution in [0.25, 0.3) is 0 Å². The predicted octanol–water partition coefficient (Wildman–Crippen LogP) is 0.776. The second-order valence-corrected chi connectivity index (χ2v) is 7.46. The summed E-state index contributed by atoms with van der Waals surface area (Å²) in [6.45, 7) is 4.52. The molecule has 0 aliphatic carbocycles. The van der Waals surface area contributed by atoms with Crippen molar-refractivity contribution >= 4 is 10.2 Å². The van der Waals surface area contributed by atoms with E-state index in [0.717, 1.165) is 32.1 Å². The van der Waals surface area contributed by atoms with Gasteiger partial charge in [0, 0.05) is 25.7 Å².